The lowest BCUT2D eigenvalue weighted by Gasteiger charge is -2.17. The van der Waals surface area contributed by atoms with Crippen LogP contribution in [0.3, 0.4) is 0 Å². The SMILES string of the molecule is CSc1nc(C)c(CCC(=O)N(C)CCCc2cc(-c3ccccc3)n[nH]2)c(C)n1. The Hall–Kier alpha value is -2.67. The van der Waals surface area contributed by atoms with E-state index in [4.69, 9.17) is 0 Å². The van der Waals surface area contributed by atoms with Gasteiger partial charge in [0.1, 0.15) is 0 Å². The number of carbonyl (C=O) groups is 1. The van der Waals surface area contributed by atoms with Gasteiger partial charge in [0.05, 0.1) is 5.69 Å². The van der Waals surface area contributed by atoms with Crippen molar-refractivity contribution in [2.24, 2.45) is 0 Å². The number of nitrogens with one attached hydrogen (secondary N) is 1. The number of aromatic nitrogens is 4. The standard InChI is InChI=1S/C23H29N5OS/c1-16-20(17(2)25-23(24-16)30-4)12-13-22(29)28(3)14-8-11-19-15-21(27-26-19)18-9-6-5-7-10-18/h5-7,9-10,15H,8,11-14H2,1-4H3,(H,26,27). The number of amides is 1. The first-order valence-corrected chi connectivity index (χ1v) is 11.4. The normalized spacial score (nSPS) is 10.9. The second-order valence-electron chi connectivity index (χ2n) is 7.42. The van der Waals surface area contributed by atoms with Gasteiger partial charge in [-0.15, -0.1) is 0 Å². The van der Waals surface area contributed by atoms with Crippen LogP contribution in [0.5, 0.6) is 0 Å². The summed E-state index contributed by atoms with van der Waals surface area (Å²) >= 11 is 1.54. The molecule has 0 atom stereocenters. The molecule has 0 fully saturated rings. The smallest absolute Gasteiger partial charge is 0.222 e. The van der Waals surface area contributed by atoms with Gasteiger partial charge in [-0.25, -0.2) is 9.97 Å². The van der Waals surface area contributed by atoms with E-state index in [1.54, 1.807) is 0 Å². The van der Waals surface area contributed by atoms with E-state index in [1.807, 2.05) is 50.2 Å². The second-order valence-corrected chi connectivity index (χ2v) is 8.20. The molecule has 7 heteroatoms. The Balaban J connectivity index is 1.46. The fourth-order valence-corrected chi connectivity index (χ4v) is 3.92. The van der Waals surface area contributed by atoms with Crippen LogP contribution in [0, 0.1) is 13.8 Å². The van der Waals surface area contributed by atoms with Crippen LogP contribution in [0.4, 0.5) is 0 Å². The second kappa shape index (κ2) is 10.4. The summed E-state index contributed by atoms with van der Waals surface area (Å²) in [5, 5.41) is 8.28. The monoisotopic (exact) mass is 423 g/mol. The lowest BCUT2D eigenvalue weighted by molar-refractivity contribution is -0.129. The summed E-state index contributed by atoms with van der Waals surface area (Å²) in [5.74, 6) is 0.150. The van der Waals surface area contributed by atoms with Crippen molar-refractivity contribution in [2.45, 2.75) is 44.7 Å². The fraction of sp³-hybridized carbons (Fsp3) is 0.391. The fourth-order valence-electron chi connectivity index (χ4n) is 3.46. The molecule has 158 valence electrons. The van der Waals surface area contributed by atoms with Crippen LogP contribution in [-0.2, 0) is 17.6 Å². The maximum Gasteiger partial charge on any atom is 0.222 e. The summed E-state index contributed by atoms with van der Waals surface area (Å²) in [4.78, 5) is 23.4. The number of aryl methyl sites for hydroxylation is 3. The molecule has 0 radical (unpaired) electrons. The topological polar surface area (TPSA) is 74.8 Å². The number of benzene rings is 1. The summed E-state index contributed by atoms with van der Waals surface area (Å²) in [6.45, 7) is 4.70. The van der Waals surface area contributed by atoms with Crippen LogP contribution >= 0.6 is 11.8 Å². The molecule has 3 aromatic rings. The van der Waals surface area contributed by atoms with Crippen molar-refractivity contribution in [2.75, 3.05) is 19.8 Å². The third-order valence-corrected chi connectivity index (χ3v) is 5.79. The van der Waals surface area contributed by atoms with Gasteiger partial charge in [-0.2, -0.15) is 5.10 Å². The van der Waals surface area contributed by atoms with Crippen LogP contribution in [0.2, 0.25) is 0 Å². The highest BCUT2D eigenvalue weighted by Crippen LogP contribution is 2.19. The quantitative estimate of drug-likeness (QED) is 0.412. The highest BCUT2D eigenvalue weighted by molar-refractivity contribution is 7.98. The maximum absolute atomic E-state index is 12.6. The van der Waals surface area contributed by atoms with E-state index in [9.17, 15) is 4.79 Å². The van der Waals surface area contributed by atoms with E-state index in [-0.39, 0.29) is 5.91 Å². The average Bonchev–Trinajstić information content (AvgIpc) is 3.22. The van der Waals surface area contributed by atoms with Gasteiger partial charge in [-0.05, 0) is 51.0 Å². The summed E-state index contributed by atoms with van der Waals surface area (Å²) in [7, 11) is 1.87. The van der Waals surface area contributed by atoms with E-state index in [2.05, 4.69) is 38.4 Å². The van der Waals surface area contributed by atoms with Crippen molar-refractivity contribution >= 4 is 17.7 Å². The molecular formula is C23H29N5OS. The number of carbonyl (C=O) groups excluding carboxylic acids is 1. The molecule has 0 aliphatic carbocycles. The molecule has 2 aromatic heterocycles. The molecule has 0 saturated carbocycles. The molecule has 0 saturated heterocycles. The van der Waals surface area contributed by atoms with Crippen LogP contribution in [0.15, 0.2) is 41.6 Å². The predicted octanol–water partition coefficient (Wildman–Crippen LogP) is 4.23. The summed E-state index contributed by atoms with van der Waals surface area (Å²) in [6.07, 6.45) is 4.87. The molecule has 1 aromatic carbocycles. The van der Waals surface area contributed by atoms with Crippen molar-refractivity contribution in [3.63, 3.8) is 0 Å². The van der Waals surface area contributed by atoms with Crippen LogP contribution in [0.1, 0.15) is 35.5 Å². The van der Waals surface area contributed by atoms with E-state index in [1.165, 1.54) is 11.8 Å². The molecule has 0 unspecified atom stereocenters. The van der Waals surface area contributed by atoms with Crippen LogP contribution < -0.4 is 0 Å². The zero-order valence-electron chi connectivity index (χ0n) is 18.1. The third-order valence-electron chi connectivity index (χ3n) is 5.24. The van der Waals surface area contributed by atoms with Gasteiger partial charge in [-0.1, -0.05) is 42.1 Å². The lowest BCUT2D eigenvalue weighted by Crippen LogP contribution is -2.28. The minimum Gasteiger partial charge on any atom is -0.346 e. The Morgan fingerprint density at radius 1 is 1.10 bits per heavy atom. The zero-order chi connectivity index (χ0) is 21.5. The molecule has 6 nitrogen and oxygen atoms in total. The van der Waals surface area contributed by atoms with Crippen LogP contribution in [0.25, 0.3) is 11.3 Å². The van der Waals surface area contributed by atoms with Gasteiger partial charge in [0.25, 0.3) is 0 Å². The highest BCUT2D eigenvalue weighted by atomic mass is 32.2. The third kappa shape index (κ3) is 5.69. The molecule has 2 heterocycles. The van der Waals surface area contributed by atoms with E-state index >= 15 is 0 Å². The average molecular weight is 424 g/mol. The van der Waals surface area contributed by atoms with Crippen molar-refractivity contribution in [3.05, 3.63) is 59.0 Å². The summed E-state index contributed by atoms with van der Waals surface area (Å²) in [5.41, 5.74) is 6.17. The number of H-pyrrole nitrogens is 1. The molecule has 0 bridgehead atoms. The zero-order valence-corrected chi connectivity index (χ0v) is 18.9. The molecular weight excluding hydrogens is 394 g/mol. The van der Waals surface area contributed by atoms with Crippen molar-refractivity contribution < 1.29 is 4.79 Å². The minimum atomic E-state index is 0.150. The first kappa shape index (κ1) is 22.0. The largest absolute Gasteiger partial charge is 0.346 e. The molecule has 0 aliphatic heterocycles. The number of nitrogens with zero attached hydrogens (tertiary/aromatic N) is 4. The van der Waals surface area contributed by atoms with Crippen molar-refractivity contribution in [1.82, 2.24) is 25.1 Å². The Kier molecular flexibility index (Phi) is 7.63. The first-order chi connectivity index (χ1) is 14.5. The van der Waals surface area contributed by atoms with Gasteiger partial charge in [0.2, 0.25) is 5.91 Å². The van der Waals surface area contributed by atoms with Crippen molar-refractivity contribution in [1.29, 1.82) is 0 Å². The molecule has 30 heavy (non-hydrogen) atoms. The molecule has 1 N–H and O–H groups in total. The maximum atomic E-state index is 12.6. The summed E-state index contributed by atoms with van der Waals surface area (Å²) < 4.78 is 0. The number of thioether (sulfide) groups is 1. The van der Waals surface area contributed by atoms with Gasteiger partial charge in [0, 0.05) is 42.7 Å². The molecule has 3 rings (SSSR count). The Morgan fingerprint density at radius 2 is 1.80 bits per heavy atom. The summed E-state index contributed by atoms with van der Waals surface area (Å²) in [6, 6.07) is 12.2. The number of aromatic amines is 1. The van der Waals surface area contributed by atoms with E-state index in [0.717, 1.165) is 58.4 Å². The van der Waals surface area contributed by atoms with Gasteiger partial charge < -0.3 is 4.90 Å². The number of hydrogen-bond acceptors (Lipinski definition) is 5. The highest BCUT2D eigenvalue weighted by Gasteiger charge is 2.13. The lowest BCUT2D eigenvalue weighted by atomic mass is 10.1. The Bertz CT molecular complexity index is 963. The van der Waals surface area contributed by atoms with Crippen molar-refractivity contribution in [3.8, 4) is 11.3 Å². The molecule has 1 amide bonds. The Labute approximate surface area is 182 Å². The van der Waals surface area contributed by atoms with Gasteiger partial charge in [-0.3, -0.25) is 9.89 Å². The molecule has 0 aliphatic rings. The van der Waals surface area contributed by atoms with Crippen LogP contribution in [-0.4, -0.2) is 50.8 Å². The minimum absolute atomic E-state index is 0.150. The Morgan fingerprint density at radius 3 is 2.47 bits per heavy atom. The predicted molar refractivity (Wildman–Crippen MR) is 122 cm³/mol. The van der Waals surface area contributed by atoms with Gasteiger partial charge in [0.15, 0.2) is 5.16 Å². The van der Waals surface area contributed by atoms with E-state index in [0.29, 0.717) is 12.8 Å². The number of hydrogen-bond donors (Lipinski definition) is 1. The first-order valence-electron chi connectivity index (χ1n) is 10.2. The molecule has 0 spiro atoms. The van der Waals surface area contributed by atoms with E-state index < -0.39 is 0 Å². The number of rotatable bonds is 9. The van der Waals surface area contributed by atoms with Gasteiger partial charge >= 0.3 is 0 Å².